The van der Waals surface area contributed by atoms with Crippen molar-refractivity contribution in [3.05, 3.63) is 47.4 Å². The number of aromatic carboxylic acids is 1. The molecule has 0 spiro atoms. The second-order valence-corrected chi connectivity index (χ2v) is 5.39. The number of rotatable bonds is 9. The number of nitrogens with zero attached hydrogens (tertiary/aromatic N) is 6. The van der Waals surface area contributed by atoms with Gasteiger partial charge < -0.3 is 10.4 Å². The highest BCUT2D eigenvalue weighted by atomic mass is 16.6. The topological polar surface area (TPSA) is 132 Å². The van der Waals surface area contributed by atoms with Gasteiger partial charge in [0, 0.05) is 6.42 Å². The Labute approximate surface area is 142 Å². The van der Waals surface area contributed by atoms with Gasteiger partial charge in [-0.05, 0) is 45.6 Å². The van der Waals surface area contributed by atoms with E-state index in [4.69, 9.17) is 5.11 Å². The van der Waals surface area contributed by atoms with Gasteiger partial charge in [0.15, 0.2) is 5.82 Å². The van der Waals surface area contributed by atoms with Crippen molar-refractivity contribution in [1.82, 2.24) is 30.5 Å². The van der Waals surface area contributed by atoms with E-state index in [1.807, 2.05) is 18.2 Å². The minimum Gasteiger partial charge on any atom is -0.476 e. The average Bonchev–Trinajstić information content (AvgIpc) is 3.27. The molecule has 1 aromatic carbocycles. The Hall–Kier alpha value is -3.30. The number of anilines is 1. The van der Waals surface area contributed by atoms with Crippen molar-refractivity contribution in [3.63, 3.8) is 0 Å². The minimum atomic E-state index is -1.22. The first-order valence-electron chi connectivity index (χ1n) is 7.82. The summed E-state index contributed by atoms with van der Waals surface area (Å²) in [7, 11) is 0. The molecule has 3 aromatic rings. The molecule has 0 aliphatic heterocycles. The highest BCUT2D eigenvalue weighted by Gasteiger charge is 2.17. The lowest BCUT2D eigenvalue weighted by Gasteiger charge is -2.06. The van der Waals surface area contributed by atoms with Gasteiger partial charge in [-0.1, -0.05) is 30.3 Å². The number of benzene rings is 1. The van der Waals surface area contributed by atoms with Crippen LogP contribution in [-0.4, -0.2) is 41.6 Å². The van der Waals surface area contributed by atoms with Crippen LogP contribution in [0.3, 0.4) is 0 Å². The number of hydrogen-bond donors (Lipinski definition) is 2. The number of nitrogens with one attached hydrogen (secondary N) is 1. The molecule has 0 saturated carbocycles. The van der Waals surface area contributed by atoms with E-state index in [9.17, 15) is 4.79 Å². The van der Waals surface area contributed by atoms with Crippen LogP contribution in [0.15, 0.2) is 35.0 Å². The molecule has 25 heavy (non-hydrogen) atoms. The molecule has 10 heteroatoms. The average molecular weight is 343 g/mol. The second kappa shape index (κ2) is 7.99. The van der Waals surface area contributed by atoms with Gasteiger partial charge in [0.05, 0.1) is 0 Å². The van der Waals surface area contributed by atoms with E-state index >= 15 is 0 Å². The molecule has 130 valence electrons. The quantitative estimate of drug-likeness (QED) is 0.553. The largest absolute Gasteiger partial charge is 0.476 e. The van der Waals surface area contributed by atoms with Crippen molar-refractivity contribution < 1.29 is 14.5 Å². The van der Waals surface area contributed by atoms with E-state index in [1.165, 1.54) is 5.56 Å². The fourth-order valence-electron chi connectivity index (χ4n) is 2.38. The van der Waals surface area contributed by atoms with Gasteiger partial charge in [0.1, 0.15) is 6.67 Å². The van der Waals surface area contributed by atoms with Crippen LogP contribution in [0.4, 0.5) is 5.82 Å². The maximum absolute atomic E-state index is 11.0. The van der Waals surface area contributed by atoms with Gasteiger partial charge in [-0.15, -0.1) is 5.10 Å². The van der Waals surface area contributed by atoms with E-state index in [-0.39, 0.29) is 18.2 Å². The molecule has 0 aliphatic rings. The maximum Gasteiger partial charge on any atom is 0.362 e. The van der Waals surface area contributed by atoms with Gasteiger partial charge >= 0.3 is 5.97 Å². The number of aromatic nitrogens is 6. The number of carboxylic acids is 1. The highest BCUT2D eigenvalue weighted by Crippen LogP contribution is 2.10. The maximum atomic E-state index is 11.0. The molecule has 0 aliphatic carbocycles. The molecule has 0 unspecified atom stereocenters. The molecule has 0 fully saturated rings. The molecule has 0 bridgehead atoms. The van der Waals surface area contributed by atoms with E-state index in [2.05, 4.69) is 47.9 Å². The first-order valence-corrected chi connectivity index (χ1v) is 7.82. The Bertz CT molecular complexity index is 815. The third kappa shape index (κ3) is 4.37. The van der Waals surface area contributed by atoms with Gasteiger partial charge in [-0.2, -0.15) is 0 Å². The lowest BCUT2D eigenvalue weighted by molar-refractivity contribution is 0.0685. The Morgan fingerprint density at radius 2 is 1.96 bits per heavy atom. The van der Waals surface area contributed by atoms with Gasteiger partial charge in [0.2, 0.25) is 11.5 Å². The number of aryl methyl sites for hydroxylation is 2. The van der Waals surface area contributed by atoms with Crippen molar-refractivity contribution >= 4 is 11.8 Å². The molecule has 0 saturated heterocycles. The zero-order valence-electron chi connectivity index (χ0n) is 13.4. The van der Waals surface area contributed by atoms with E-state index in [1.54, 1.807) is 4.68 Å². The third-order valence-corrected chi connectivity index (χ3v) is 3.65. The predicted octanol–water partition coefficient (Wildman–Crippen LogP) is 1.39. The number of hydrogen-bond acceptors (Lipinski definition) is 8. The number of carbonyl (C=O) groups is 1. The molecule has 2 aromatic heterocycles. The Kier molecular flexibility index (Phi) is 5.29. The number of unbranched alkanes of at least 4 members (excludes halogenated alkanes) is 1. The van der Waals surface area contributed by atoms with Crippen LogP contribution in [0.5, 0.6) is 0 Å². The van der Waals surface area contributed by atoms with E-state index in [0.717, 1.165) is 25.7 Å². The van der Waals surface area contributed by atoms with E-state index in [0.29, 0.717) is 5.82 Å². The third-order valence-electron chi connectivity index (χ3n) is 3.65. The molecule has 0 atom stereocenters. The van der Waals surface area contributed by atoms with Crippen molar-refractivity contribution in [2.45, 2.75) is 32.4 Å². The fourth-order valence-corrected chi connectivity index (χ4v) is 2.38. The summed E-state index contributed by atoms with van der Waals surface area (Å²) in [5, 5.41) is 30.2. The van der Waals surface area contributed by atoms with Crippen molar-refractivity contribution in [3.8, 4) is 0 Å². The molecular formula is C15H17N7O3. The lowest BCUT2D eigenvalue weighted by Crippen LogP contribution is -2.15. The van der Waals surface area contributed by atoms with Crippen LogP contribution < -0.4 is 5.32 Å². The van der Waals surface area contributed by atoms with Crippen LogP contribution in [0, 0.1) is 0 Å². The van der Waals surface area contributed by atoms with Crippen LogP contribution in [0.25, 0.3) is 0 Å². The first-order chi connectivity index (χ1) is 12.2. The smallest absolute Gasteiger partial charge is 0.362 e. The summed E-state index contributed by atoms with van der Waals surface area (Å²) < 4.78 is 5.98. The second-order valence-electron chi connectivity index (χ2n) is 5.39. The van der Waals surface area contributed by atoms with Crippen LogP contribution >= 0.6 is 0 Å². The summed E-state index contributed by atoms with van der Waals surface area (Å²) in [6, 6.07) is 10.3. The minimum absolute atomic E-state index is 0.0398. The van der Waals surface area contributed by atoms with Gasteiger partial charge in [-0.3, -0.25) is 0 Å². The summed E-state index contributed by atoms with van der Waals surface area (Å²) in [6.07, 6.45) is 3.71. The van der Waals surface area contributed by atoms with Gasteiger partial charge in [-0.25, -0.2) is 14.1 Å². The zero-order valence-corrected chi connectivity index (χ0v) is 13.4. The van der Waals surface area contributed by atoms with Gasteiger partial charge in [0.25, 0.3) is 0 Å². The first kappa shape index (κ1) is 16.6. The van der Waals surface area contributed by atoms with Crippen molar-refractivity contribution in [1.29, 1.82) is 0 Å². The van der Waals surface area contributed by atoms with Crippen LogP contribution in [0.2, 0.25) is 0 Å². The zero-order chi connectivity index (χ0) is 17.5. The molecule has 0 radical (unpaired) electrons. The predicted molar refractivity (Wildman–Crippen MR) is 85.8 cm³/mol. The lowest BCUT2D eigenvalue weighted by atomic mass is 10.1. The molecule has 2 N–H and O–H groups in total. The van der Waals surface area contributed by atoms with Crippen LogP contribution in [-0.2, 0) is 19.5 Å². The normalized spacial score (nSPS) is 10.7. The van der Waals surface area contributed by atoms with E-state index < -0.39 is 5.97 Å². The fraction of sp³-hybridized carbons (Fsp3) is 0.333. The molecule has 2 heterocycles. The Balaban J connectivity index is 1.49. The molecule has 10 nitrogen and oxygen atoms in total. The summed E-state index contributed by atoms with van der Waals surface area (Å²) in [5.74, 6) is -0.464. The number of carboxylic acid groups (broad SMARTS) is 1. The highest BCUT2D eigenvalue weighted by molar-refractivity contribution is 5.90. The molecule has 0 amide bonds. The van der Waals surface area contributed by atoms with Crippen molar-refractivity contribution in [2.75, 3.05) is 5.32 Å². The SMILES string of the molecule is O=C(O)c1nonc1NCn1nnnc1CCCCc1ccccc1. The monoisotopic (exact) mass is 343 g/mol. The summed E-state index contributed by atoms with van der Waals surface area (Å²) >= 11 is 0. The Morgan fingerprint density at radius 1 is 1.16 bits per heavy atom. The summed E-state index contributed by atoms with van der Waals surface area (Å²) in [4.78, 5) is 11.0. The Morgan fingerprint density at radius 3 is 2.76 bits per heavy atom. The summed E-state index contributed by atoms with van der Waals surface area (Å²) in [6.45, 7) is 0.176. The number of tetrazole rings is 1. The van der Waals surface area contributed by atoms with Crippen LogP contribution in [0.1, 0.15) is 34.7 Å². The molecular weight excluding hydrogens is 326 g/mol. The molecule has 3 rings (SSSR count). The standard InChI is InChI=1S/C15H17N7O3/c23-15(24)13-14(19-25-18-13)16-10-22-12(17-20-21-22)9-5-4-8-11-6-2-1-3-7-11/h1-3,6-7H,4-5,8-10H2,(H,16,19)(H,23,24). The van der Waals surface area contributed by atoms with Crippen molar-refractivity contribution in [2.24, 2.45) is 0 Å². The summed E-state index contributed by atoms with van der Waals surface area (Å²) in [5.41, 5.74) is 1.03.